The van der Waals surface area contributed by atoms with Gasteiger partial charge in [0.25, 0.3) is 0 Å². The van der Waals surface area contributed by atoms with Crippen LogP contribution in [0.1, 0.15) is 31.2 Å². The minimum absolute atomic E-state index is 0.142. The molecule has 2 heterocycles. The molecule has 0 spiro atoms. The van der Waals surface area contributed by atoms with Crippen molar-refractivity contribution in [3.8, 4) is 5.75 Å². The Bertz CT molecular complexity index is 810. The SMILES string of the molecule is COc1ccncc1CNc1ncc([N+](=O)[O-])c(NCC2CCC(N)CC2)n1. The van der Waals surface area contributed by atoms with Crippen molar-refractivity contribution < 1.29 is 9.66 Å². The molecule has 0 bridgehead atoms. The predicted molar refractivity (Wildman–Crippen MR) is 105 cm³/mol. The third kappa shape index (κ3) is 5.03. The molecule has 150 valence electrons. The summed E-state index contributed by atoms with van der Waals surface area (Å²) < 4.78 is 5.29. The summed E-state index contributed by atoms with van der Waals surface area (Å²) in [5.74, 6) is 1.64. The van der Waals surface area contributed by atoms with Crippen LogP contribution in [0, 0.1) is 16.0 Å². The van der Waals surface area contributed by atoms with E-state index in [1.54, 1.807) is 25.6 Å². The zero-order chi connectivity index (χ0) is 19.9. The van der Waals surface area contributed by atoms with Gasteiger partial charge in [-0.05, 0) is 37.7 Å². The second-order valence-corrected chi connectivity index (χ2v) is 6.89. The molecule has 0 unspecified atom stereocenters. The molecule has 2 aromatic heterocycles. The van der Waals surface area contributed by atoms with E-state index >= 15 is 0 Å². The Labute approximate surface area is 163 Å². The molecule has 28 heavy (non-hydrogen) atoms. The Morgan fingerprint density at radius 3 is 2.79 bits per heavy atom. The van der Waals surface area contributed by atoms with E-state index in [2.05, 4.69) is 25.6 Å². The number of rotatable bonds is 8. The Morgan fingerprint density at radius 2 is 2.07 bits per heavy atom. The van der Waals surface area contributed by atoms with Crippen molar-refractivity contribution in [3.05, 3.63) is 40.3 Å². The van der Waals surface area contributed by atoms with Crippen molar-refractivity contribution in [2.24, 2.45) is 11.7 Å². The van der Waals surface area contributed by atoms with Gasteiger partial charge in [0.15, 0.2) is 0 Å². The van der Waals surface area contributed by atoms with Crippen molar-refractivity contribution in [2.45, 2.75) is 38.3 Å². The second kappa shape index (κ2) is 9.27. The maximum absolute atomic E-state index is 11.3. The topological polar surface area (TPSA) is 141 Å². The Kier molecular flexibility index (Phi) is 6.53. The van der Waals surface area contributed by atoms with Gasteiger partial charge in [0, 0.05) is 37.1 Å². The molecule has 1 saturated carbocycles. The molecule has 0 amide bonds. The van der Waals surface area contributed by atoms with E-state index in [-0.39, 0.29) is 17.5 Å². The van der Waals surface area contributed by atoms with Crippen molar-refractivity contribution in [1.82, 2.24) is 15.0 Å². The van der Waals surface area contributed by atoms with E-state index in [0.29, 0.717) is 30.7 Å². The van der Waals surface area contributed by atoms with Gasteiger partial charge in [-0.15, -0.1) is 0 Å². The van der Waals surface area contributed by atoms with Crippen LogP contribution in [0.25, 0.3) is 0 Å². The fourth-order valence-electron chi connectivity index (χ4n) is 3.28. The number of methoxy groups -OCH3 is 1. The predicted octanol–water partition coefficient (Wildman–Crippen LogP) is 2.33. The summed E-state index contributed by atoms with van der Waals surface area (Å²) in [6, 6.07) is 2.03. The zero-order valence-electron chi connectivity index (χ0n) is 15.8. The molecule has 10 nitrogen and oxygen atoms in total. The van der Waals surface area contributed by atoms with Gasteiger partial charge in [-0.3, -0.25) is 15.1 Å². The van der Waals surface area contributed by atoms with Gasteiger partial charge in [-0.25, -0.2) is 4.98 Å². The van der Waals surface area contributed by atoms with Gasteiger partial charge in [0.1, 0.15) is 11.9 Å². The second-order valence-electron chi connectivity index (χ2n) is 6.89. The fraction of sp³-hybridized carbons (Fsp3) is 0.500. The number of aromatic nitrogens is 3. The molecule has 0 radical (unpaired) electrons. The van der Waals surface area contributed by atoms with Crippen LogP contribution in [0.5, 0.6) is 5.75 Å². The van der Waals surface area contributed by atoms with E-state index in [4.69, 9.17) is 10.5 Å². The number of ether oxygens (including phenoxy) is 1. The summed E-state index contributed by atoms with van der Waals surface area (Å²) >= 11 is 0. The molecule has 1 aliphatic rings. The molecule has 10 heteroatoms. The van der Waals surface area contributed by atoms with Gasteiger partial charge in [0.05, 0.1) is 12.0 Å². The lowest BCUT2D eigenvalue weighted by atomic mass is 9.86. The summed E-state index contributed by atoms with van der Waals surface area (Å²) in [6.07, 6.45) is 8.54. The highest BCUT2D eigenvalue weighted by Crippen LogP contribution is 2.26. The third-order valence-electron chi connectivity index (χ3n) is 4.93. The molecule has 3 rings (SSSR count). The Balaban J connectivity index is 1.67. The molecular formula is C18H25N7O3. The first-order chi connectivity index (χ1) is 13.6. The van der Waals surface area contributed by atoms with E-state index in [1.807, 2.05) is 0 Å². The summed E-state index contributed by atoms with van der Waals surface area (Å²) in [6.45, 7) is 1.01. The highest BCUT2D eigenvalue weighted by atomic mass is 16.6. The normalized spacial score (nSPS) is 19.1. The molecule has 0 aromatic carbocycles. The summed E-state index contributed by atoms with van der Waals surface area (Å²) in [5.41, 5.74) is 6.63. The highest BCUT2D eigenvalue weighted by Gasteiger charge is 2.21. The van der Waals surface area contributed by atoms with Gasteiger partial charge in [-0.2, -0.15) is 4.98 Å². The van der Waals surface area contributed by atoms with Crippen LogP contribution in [-0.4, -0.2) is 39.6 Å². The van der Waals surface area contributed by atoms with Crippen molar-refractivity contribution in [3.63, 3.8) is 0 Å². The lowest BCUT2D eigenvalue weighted by Gasteiger charge is -2.26. The Morgan fingerprint density at radius 1 is 1.29 bits per heavy atom. The van der Waals surface area contributed by atoms with Crippen LogP contribution in [-0.2, 0) is 6.54 Å². The number of nitro groups is 1. The molecule has 1 fully saturated rings. The van der Waals surface area contributed by atoms with E-state index in [1.165, 1.54) is 6.20 Å². The van der Waals surface area contributed by atoms with Crippen molar-refractivity contribution in [2.75, 3.05) is 24.3 Å². The number of nitrogens with zero attached hydrogens (tertiary/aromatic N) is 4. The molecule has 4 N–H and O–H groups in total. The first kappa shape index (κ1) is 19.7. The third-order valence-corrected chi connectivity index (χ3v) is 4.93. The van der Waals surface area contributed by atoms with Crippen molar-refractivity contribution >= 4 is 17.5 Å². The first-order valence-corrected chi connectivity index (χ1v) is 9.28. The lowest BCUT2D eigenvalue weighted by molar-refractivity contribution is -0.384. The number of hydrogen-bond acceptors (Lipinski definition) is 9. The number of pyridine rings is 1. The number of hydrogen-bond donors (Lipinski definition) is 3. The fourth-order valence-corrected chi connectivity index (χ4v) is 3.28. The summed E-state index contributed by atoms with van der Waals surface area (Å²) in [5, 5.41) is 17.5. The number of nitrogens with two attached hydrogens (primary N) is 1. The zero-order valence-corrected chi connectivity index (χ0v) is 15.8. The minimum atomic E-state index is -0.479. The summed E-state index contributed by atoms with van der Waals surface area (Å²) in [7, 11) is 1.58. The van der Waals surface area contributed by atoms with Crippen LogP contribution in [0.4, 0.5) is 17.5 Å². The van der Waals surface area contributed by atoms with E-state index in [9.17, 15) is 10.1 Å². The lowest BCUT2D eigenvalue weighted by Crippen LogP contribution is -2.29. The van der Waals surface area contributed by atoms with Gasteiger partial charge in [-0.1, -0.05) is 0 Å². The van der Waals surface area contributed by atoms with Crippen LogP contribution in [0.15, 0.2) is 24.7 Å². The van der Waals surface area contributed by atoms with Crippen molar-refractivity contribution in [1.29, 1.82) is 0 Å². The molecular weight excluding hydrogens is 362 g/mol. The average molecular weight is 387 g/mol. The van der Waals surface area contributed by atoms with Gasteiger partial charge in [0.2, 0.25) is 11.8 Å². The van der Waals surface area contributed by atoms with Crippen LogP contribution < -0.4 is 21.1 Å². The monoisotopic (exact) mass is 387 g/mol. The Hall–Kier alpha value is -3.01. The first-order valence-electron chi connectivity index (χ1n) is 9.28. The molecule has 2 aromatic rings. The highest BCUT2D eigenvalue weighted by molar-refractivity contribution is 5.57. The standard InChI is InChI=1S/C18H25N7O3/c1-28-16-6-7-20-9-13(16)10-22-18-23-11-15(25(26)27)17(24-18)21-8-12-2-4-14(19)5-3-12/h6-7,9,11-12,14H,2-5,8,10,19H2,1H3,(H2,21,22,23,24). The molecule has 0 aliphatic heterocycles. The maximum atomic E-state index is 11.3. The molecule has 0 atom stereocenters. The van der Waals surface area contributed by atoms with E-state index in [0.717, 1.165) is 31.2 Å². The largest absolute Gasteiger partial charge is 0.496 e. The summed E-state index contributed by atoms with van der Waals surface area (Å²) in [4.78, 5) is 23.3. The van der Waals surface area contributed by atoms with Gasteiger partial charge < -0.3 is 21.1 Å². The van der Waals surface area contributed by atoms with E-state index < -0.39 is 4.92 Å². The van der Waals surface area contributed by atoms with Crippen LogP contribution >= 0.6 is 0 Å². The molecule has 0 saturated heterocycles. The average Bonchev–Trinajstić information content (AvgIpc) is 2.72. The smallest absolute Gasteiger partial charge is 0.329 e. The minimum Gasteiger partial charge on any atom is -0.496 e. The molecule has 1 aliphatic carbocycles. The number of anilines is 2. The van der Waals surface area contributed by atoms with Crippen LogP contribution in [0.2, 0.25) is 0 Å². The number of nitrogens with one attached hydrogen (secondary N) is 2. The quantitative estimate of drug-likeness (QED) is 0.459. The maximum Gasteiger partial charge on any atom is 0.329 e. The van der Waals surface area contributed by atoms with Crippen LogP contribution in [0.3, 0.4) is 0 Å². The van der Waals surface area contributed by atoms with Gasteiger partial charge >= 0.3 is 5.69 Å².